The van der Waals surface area contributed by atoms with E-state index in [0.717, 1.165) is 187 Å². The summed E-state index contributed by atoms with van der Waals surface area (Å²) >= 11 is 0. The second-order valence-corrected chi connectivity index (χ2v) is 33.4. The Morgan fingerprint density at radius 2 is 0.463 bits per heavy atom. The quantitative estimate of drug-likeness (QED) is 0.0310. The van der Waals surface area contributed by atoms with Crippen molar-refractivity contribution in [1.82, 2.24) is 24.5 Å². The Morgan fingerprint density at radius 1 is 0.252 bits per heavy atom. The molecule has 0 spiro atoms. The minimum absolute atomic E-state index is 0.0412. The molecule has 1 rings (SSSR count). The van der Waals surface area contributed by atoms with Gasteiger partial charge in [0.25, 0.3) is 0 Å². The van der Waals surface area contributed by atoms with Crippen LogP contribution in [-0.4, -0.2) is 274 Å². The molecule has 0 N–H and O–H groups in total. The fourth-order valence-corrected chi connectivity index (χ4v) is 15.0. The van der Waals surface area contributed by atoms with Crippen molar-refractivity contribution < 1.29 is 105 Å². The number of carbonyl (C=O) groups excluding carboxylic acids is 10. The predicted octanol–water partition coefficient (Wildman–Crippen LogP) is 16.6. The third-order valence-electron chi connectivity index (χ3n) is 23.2. The largest absolute Gasteiger partial charge is 0.466 e. The van der Waals surface area contributed by atoms with Crippen molar-refractivity contribution in [3.05, 3.63) is 0 Å². The van der Waals surface area contributed by atoms with Crippen LogP contribution in [0, 0.1) is 29.6 Å². The van der Waals surface area contributed by atoms with Crippen molar-refractivity contribution in [2.24, 2.45) is 29.6 Å². The molecule has 1 heterocycles. The van der Waals surface area contributed by atoms with Crippen LogP contribution in [0.15, 0.2) is 0 Å². The maximum absolute atomic E-state index is 13.6. The highest BCUT2D eigenvalue weighted by atomic mass is 16.6. The van der Waals surface area contributed by atoms with Gasteiger partial charge in [0.2, 0.25) is 0 Å². The molecule has 0 radical (unpaired) electrons. The van der Waals surface area contributed by atoms with Crippen LogP contribution in [0.5, 0.6) is 0 Å². The number of hydrogen-bond acceptors (Lipinski definition) is 27. The molecular weight excluding hydrogens is 1580 g/mol. The zero-order valence-electron chi connectivity index (χ0n) is 79.6. The summed E-state index contributed by atoms with van der Waals surface area (Å²) in [5, 5.41) is 0. The zero-order chi connectivity index (χ0) is 90.6. The summed E-state index contributed by atoms with van der Waals surface area (Å²) in [4.78, 5) is 142. The van der Waals surface area contributed by atoms with Crippen molar-refractivity contribution >= 4 is 59.7 Å². The summed E-state index contributed by atoms with van der Waals surface area (Å²) in [6.45, 7) is 35.2. The molecule has 27 heteroatoms. The standard InChI is InChI=1S/C96H177N5O22/c1-13-25-30-45-80(18-6)92(107)119-71-40-35-66-114-87(102)50-55-98(56-51-88(103)115-67-36-41-72-120-93(108)81(19-7)46-31-26-14-2)76-85(112-23-11)78-100(59-54-91(106)118-70-39-44-75-123-96(111)84(22-10)49-34-29-17-5)63-60-97-61-64-101(65-62-97)79-86(113-24-12)77-99(57-52-89(104)116-68-37-42-73-121-94(109)82(20-8)47-32-27-15-3)58-53-90(105)117-69-38-43-74-122-95(110)83(21-9)48-33-28-16-4/h80-86H,13-79H2,1-12H3. The van der Waals surface area contributed by atoms with Crippen LogP contribution in [0.3, 0.4) is 0 Å². The summed E-state index contributed by atoms with van der Waals surface area (Å²) in [5.74, 6) is -3.29. The third-order valence-corrected chi connectivity index (χ3v) is 23.2. The van der Waals surface area contributed by atoms with Crippen LogP contribution < -0.4 is 0 Å². The summed E-state index contributed by atoms with van der Waals surface area (Å²) < 4.78 is 69.6. The average molecular weight is 1750 g/mol. The number of unbranched alkanes of at least 4 members (excludes halogenated alkanes) is 15. The zero-order valence-corrected chi connectivity index (χ0v) is 79.6. The van der Waals surface area contributed by atoms with E-state index in [-0.39, 0.29) is 195 Å². The molecule has 0 amide bonds. The van der Waals surface area contributed by atoms with Crippen LogP contribution >= 0.6 is 0 Å². The lowest BCUT2D eigenvalue weighted by Gasteiger charge is -2.38. The summed E-state index contributed by atoms with van der Waals surface area (Å²) in [5.41, 5.74) is 0. The fraction of sp³-hybridized carbons (Fsp3) is 0.896. The van der Waals surface area contributed by atoms with Gasteiger partial charge in [-0.25, -0.2) is 0 Å². The topological polar surface area (TPSA) is 298 Å². The second kappa shape index (κ2) is 79.8. The van der Waals surface area contributed by atoms with E-state index in [1.54, 1.807) is 0 Å². The predicted molar refractivity (Wildman–Crippen MR) is 481 cm³/mol. The molecule has 718 valence electrons. The molecule has 1 aliphatic rings. The molecule has 0 aliphatic carbocycles. The highest BCUT2D eigenvalue weighted by Crippen LogP contribution is 2.22. The van der Waals surface area contributed by atoms with Gasteiger partial charge < -0.3 is 56.8 Å². The molecule has 1 aliphatic heterocycles. The maximum atomic E-state index is 13.6. The highest BCUT2D eigenvalue weighted by molar-refractivity contribution is 5.75. The Bertz CT molecular complexity index is 2560. The van der Waals surface area contributed by atoms with Crippen molar-refractivity contribution in [2.45, 2.75) is 352 Å². The Hall–Kier alpha value is -5.58. The monoisotopic (exact) mass is 1750 g/mol. The van der Waals surface area contributed by atoms with Gasteiger partial charge in [-0.1, -0.05) is 166 Å². The minimum atomic E-state index is -0.424. The smallest absolute Gasteiger partial charge is 0.308 e. The normalized spacial score (nSPS) is 14.3. The average Bonchev–Trinajstić information content (AvgIpc) is 0.880. The Labute approximate surface area is 744 Å². The second-order valence-electron chi connectivity index (χ2n) is 33.4. The van der Waals surface area contributed by atoms with E-state index in [2.05, 4.69) is 54.2 Å². The van der Waals surface area contributed by atoms with Gasteiger partial charge in [-0.2, -0.15) is 0 Å². The van der Waals surface area contributed by atoms with Crippen molar-refractivity contribution in [3.63, 3.8) is 0 Å². The molecule has 123 heavy (non-hydrogen) atoms. The van der Waals surface area contributed by atoms with Crippen LogP contribution in [0.2, 0.25) is 0 Å². The van der Waals surface area contributed by atoms with Gasteiger partial charge in [-0.3, -0.25) is 72.4 Å². The highest BCUT2D eigenvalue weighted by Gasteiger charge is 2.29. The van der Waals surface area contributed by atoms with Gasteiger partial charge in [-0.15, -0.1) is 0 Å². The number of ether oxygens (including phenoxy) is 12. The number of piperazine rings is 1. The van der Waals surface area contributed by atoms with Gasteiger partial charge >= 0.3 is 59.7 Å². The van der Waals surface area contributed by atoms with E-state index < -0.39 is 18.0 Å². The van der Waals surface area contributed by atoms with Crippen LogP contribution in [0.4, 0.5) is 0 Å². The number of rotatable bonds is 85. The SMILES string of the molecule is CCCCCC(CC)C(=O)OCCCCOC(=O)CCN(CCC(=O)OCCCCOC(=O)C(CC)CCCCC)CC(CN(CCC(=O)OCCCCOC(=O)C(CC)CCCCC)CCN1CCN(CC(CN(CCC(=O)OCCCCOC(=O)C(CC)CCCCC)CCC(=O)OCCCCOC(=O)C(CC)CCCCC)OCC)CC1)OCC. The lowest BCUT2D eigenvalue weighted by atomic mass is 9.99. The molecule has 7 atom stereocenters. The number of nitrogens with zero attached hydrogens (tertiary/aromatic N) is 5. The van der Waals surface area contributed by atoms with Gasteiger partial charge in [0.1, 0.15) is 0 Å². The van der Waals surface area contributed by atoms with Crippen molar-refractivity contribution in [3.8, 4) is 0 Å². The van der Waals surface area contributed by atoms with E-state index in [4.69, 9.17) is 56.8 Å². The lowest BCUT2D eigenvalue weighted by molar-refractivity contribution is -0.150. The Balaban J connectivity index is 3.40. The molecule has 0 aromatic carbocycles. The van der Waals surface area contributed by atoms with E-state index in [0.29, 0.717) is 136 Å². The first kappa shape index (κ1) is 115. The molecule has 1 saturated heterocycles. The molecule has 7 unspecified atom stereocenters. The molecule has 0 aromatic heterocycles. The van der Waals surface area contributed by atoms with Crippen LogP contribution in [0.1, 0.15) is 340 Å². The van der Waals surface area contributed by atoms with E-state index in [1.807, 2.05) is 53.4 Å². The van der Waals surface area contributed by atoms with Gasteiger partial charge in [0.05, 0.1) is 140 Å². The maximum Gasteiger partial charge on any atom is 0.308 e. The first-order valence-corrected chi connectivity index (χ1v) is 49.2. The number of carbonyl (C=O) groups is 10. The Morgan fingerprint density at radius 3 is 0.691 bits per heavy atom. The summed E-state index contributed by atoms with van der Waals surface area (Å²) in [6, 6.07) is 0. The number of hydrogen-bond donors (Lipinski definition) is 0. The lowest BCUT2D eigenvalue weighted by Crippen LogP contribution is -2.52. The first-order chi connectivity index (χ1) is 59.7. The van der Waals surface area contributed by atoms with Crippen LogP contribution in [-0.2, 0) is 105 Å². The molecule has 0 saturated carbocycles. The molecule has 0 bridgehead atoms. The molecule has 1 fully saturated rings. The molecular formula is C96H177N5O22. The minimum Gasteiger partial charge on any atom is -0.466 e. The third kappa shape index (κ3) is 62.3. The summed E-state index contributed by atoms with van der Waals surface area (Å²) in [7, 11) is 0. The Kier molecular flexibility index (Phi) is 74.9. The van der Waals surface area contributed by atoms with Gasteiger partial charge in [0.15, 0.2) is 0 Å². The molecule has 27 nitrogen and oxygen atoms in total. The van der Waals surface area contributed by atoms with Gasteiger partial charge in [0, 0.05) is 111 Å². The van der Waals surface area contributed by atoms with Crippen LogP contribution in [0.25, 0.3) is 0 Å². The molecule has 0 aromatic rings. The van der Waals surface area contributed by atoms with E-state index >= 15 is 0 Å². The number of esters is 10. The summed E-state index contributed by atoms with van der Waals surface area (Å²) in [6.07, 6.45) is 28.7. The van der Waals surface area contributed by atoms with E-state index in [9.17, 15) is 47.9 Å². The van der Waals surface area contributed by atoms with E-state index in [1.165, 1.54) is 0 Å². The van der Waals surface area contributed by atoms with Crippen molar-refractivity contribution in [2.75, 3.05) is 177 Å². The fourth-order valence-electron chi connectivity index (χ4n) is 15.0. The van der Waals surface area contributed by atoms with Crippen molar-refractivity contribution in [1.29, 1.82) is 0 Å². The first-order valence-electron chi connectivity index (χ1n) is 49.2. The van der Waals surface area contributed by atoms with Gasteiger partial charge in [-0.05, 0) is 142 Å².